The van der Waals surface area contributed by atoms with Crippen LogP contribution in [0.2, 0.25) is 0 Å². The molecular formula is C29H35NO2. The lowest BCUT2D eigenvalue weighted by Gasteiger charge is -2.19. The molecule has 0 aliphatic carbocycles. The molecular weight excluding hydrogens is 394 g/mol. The molecule has 3 aromatic rings. The van der Waals surface area contributed by atoms with Crippen LogP contribution in [0.5, 0.6) is 5.75 Å². The number of benzene rings is 3. The molecule has 0 saturated heterocycles. The third kappa shape index (κ3) is 6.56. The first-order valence-electron chi connectivity index (χ1n) is 11.7. The van der Waals surface area contributed by atoms with E-state index in [-0.39, 0.29) is 6.61 Å². The Morgan fingerprint density at radius 1 is 0.750 bits per heavy atom. The van der Waals surface area contributed by atoms with E-state index in [1.807, 2.05) is 12.1 Å². The van der Waals surface area contributed by atoms with Gasteiger partial charge in [-0.3, -0.25) is 0 Å². The largest absolute Gasteiger partial charge is 0.492 e. The molecule has 0 heterocycles. The summed E-state index contributed by atoms with van der Waals surface area (Å²) >= 11 is 0. The van der Waals surface area contributed by atoms with Gasteiger partial charge in [-0.05, 0) is 65.9 Å². The highest BCUT2D eigenvalue weighted by Crippen LogP contribution is 2.35. The Kier molecular flexibility index (Phi) is 9.55. The number of hydrogen-bond acceptors (Lipinski definition) is 3. The summed E-state index contributed by atoms with van der Waals surface area (Å²) < 4.78 is 6.00. The quantitative estimate of drug-likeness (QED) is 0.351. The van der Waals surface area contributed by atoms with Crippen LogP contribution in [-0.2, 0) is 0 Å². The fraction of sp³-hybridized carbons (Fsp3) is 0.310. The minimum absolute atomic E-state index is 0.178. The molecule has 0 aliphatic heterocycles. The molecule has 0 unspecified atom stereocenters. The number of aliphatic hydroxyl groups excluding tert-OH is 1. The molecule has 3 rings (SSSR count). The fourth-order valence-corrected chi connectivity index (χ4v) is 3.98. The highest BCUT2D eigenvalue weighted by atomic mass is 16.5. The maximum absolute atomic E-state index is 9.54. The van der Waals surface area contributed by atoms with Crippen LogP contribution in [0.3, 0.4) is 0 Å². The number of aliphatic hydroxyl groups is 1. The number of rotatable bonds is 12. The molecule has 0 aromatic heterocycles. The van der Waals surface area contributed by atoms with Gasteiger partial charge in [0.25, 0.3) is 0 Å². The molecule has 168 valence electrons. The van der Waals surface area contributed by atoms with E-state index in [9.17, 15) is 5.11 Å². The minimum atomic E-state index is 0.178. The zero-order chi connectivity index (χ0) is 22.6. The van der Waals surface area contributed by atoms with Crippen LogP contribution >= 0.6 is 0 Å². The van der Waals surface area contributed by atoms with E-state index in [4.69, 9.17) is 4.74 Å². The van der Waals surface area contributed by atoms with Crippen molar-refractivity contribution in [2.45, 2.75) is 26.7 Å². The Morgan fingerprint density at radius 2 is 1.31 bits per heavy atom. The molecule has 0 amide bonds. The number of ether oxygens (including phenoxy) is 1. The monoisotopic (exact) mass is 429 g/mol. The van der Waals surface area contributed by atoms with Gasteiger partial charge in [-0.15, -0.1) is 0 Å². The Bertz CT molecular complexity index is 945. The van der Waals surface area contributed by atoms with E-state index in [1.54, 1.807) is 0 Å². The van der Waals surface area contributed by atoms with Crippen LogP contribution in [0, 0.1) is 0 Å². The Morgan fingerprint density at radius 3 is 1.88 bits per heavy atom. The SMILES string of the molecule is CCN(CC)CCOc1ccc(C(=C(CCCO)c2ccccc2)c2ccccc2)cc1. The van der Waals surface area contributed by atoms with Crippen molar-refractivity contribution < 1.29 is 9.84 Å². The molecule has 3 heteroatoms. The second-order valence-electron chi connectivity index (χ2n) is 7.81. The van der Waals surface area contributed by atoms with E-state index < -0.39 is 0 Å². The number of nitrogens with zero attached hydrogens (tertiary/aromatic N) is 1. The van der Waals surface area contributed by atoms with Crippen molar-refractivity contribution in [3.05, 3.63) is 102 Å². The Balaban J connectivity index is 1.95. The van der Waals surface area contributed by atoms with Gasteiger partial charge in [-0.1, -0.05) is 86.6 Å². The van der Waals surface area contributed by atoms with Crippen molar-refractivity contribution >= 4 is 11.1 Å². The lowest BCUT2D eigenvalue weighted by Crippen LogP contribution is -2.27. The van der Waals surface area contributed by atoms with Crippen molar-refractivity contribution in [1.82, 2.24) is 4.90 Å². The maximum Gasteiger partial charge on any atom is 0.119 e. The van der Waals surface area contributed by atoms with Crippen molar-refractivity contribution in [2.75, 3.05) is 32.8 Å². The topological polar surface area (TPSA) is 32.7 Å². The minimum Gasteiger partial charge on any atom is -0.492 e. The molecule has 0 saturated carbocycles. The molecule has 3 aromatic carbocycles. The summed E-state index contributed by atoms with van der Waals surface area (Å²) in [6, 6.07) is 29.4. The summed E-state index contributed by atoms with van der Waals surface area (Å²) in [6.45, 7) is 8.24. The van der Waals surface area contributed by atoms with Gasteiger partial charge in [0.2, 0.25) is 0 Å². The van der Waals surface area contributed by atoms with Crippen LogP contribution < -0.4 is 4.74 Å². The van der Waals surface area contributed by atoms with E-state index in [0.29, 0.717) is 6.61 Å². The molecule has 0 spiro atoms. The maximum atomic E-state index is 9.54. The van der Waals surface area contributed by atoms with Crippen LogP contribution in [-0.4, -0.2) is 42.9 Å². The summed E-state index contributed by atoms with van der Waals surface area (Å²) in [5.74, 6) is 0.893. The van der Waals surface area contributed by atoms with Crippen molar-refractivity contribution in [1.29, 1.82) is 0 Å². The Labute approximate surface area is 193 Å². The first-order chi connectivity index (χ1) is 15.8. The van der Waals surface area contributed by atoms with Gasteiger partial charge in [0, 0.05) is 13.2 Å². The first-order valence-corrected chi connectivity index (χ1v) is 11.7. The average Bonchev–Trinajstić information content (AvgIpc) is 2.86. The molecule has 1 N–H and O–H groups in total. The lowest BCUT2D eigenvalue weighted by atomic mass is 9.87. The predicted molar refractivity (Wildman–Crippen MR) is 135 cm³/mol. The number of hydrogen-bond donors (Lipinski definition) is 1. The third-order valence-corrected chi connectivity index (χ3v) is 5.79. The van der Waals surface area contributed by atoms with Crippen LogP contribution in [0.1, 0.15) is 43.4 Å². The van der Waals surface area contributed by atoms with E-state index in [0.717, 1.165) is 43.8 Å². The van der Waals surface area contributed by atoms with Crippen molar-refractivity contribution in [2.24, 2.45) is 0 Å². The summed E-state index contributed by atoms with van der Waals surface area (Å²) in [5.41, 5.74) is 5.99. The molecule has 0 aliphatic rings. The zero-order valence-electron chi connectivity index (χ0n) is 19.3. The van der Waals surface area contributed by atoms with Crippen molar-refractivity contribution in [3.63, 3.8) is 0 Å². The normalized spacial score (nSPS) is 12.0. The van der Waals surface area contributed by atoms with Gasteiger partial charge in [0.1, 0.15) is 12.4 Å². The number of allylic oxidation sites excluding steroid dienone is 1. The molecule has 32 heavy (non-hydrogen) atoms. The standard InChI is InChI=1S/C29H35NO2/c1-3-30(4-2)21-23-32-27-19-17-26(18-20-27)29(25-14-9-6-10-15-25)28(16-11-22-31)24-12-7-5-8-13-24/h5-10,12-15,17-20,31H,3-4,11,16,21-23H2,1-2H3. The van der Waals surface area contributed by atoms with Crippen LogP contribution in [0.15, 0.2) is 84.9 Å². The first kappa shape index (κ1) is 23.8. The van der Waals surface area contributed by atoms with Gasteiger partial charge < -0.3 is 14.7 Å². The van der Waals surface area contributed by atoms with Crippen LogP contribution in [0.25, 0.3) is 11.1 Å². The van der Waals surface area contributed by atoms with E-state index >= 15 is 0 Å². The second kappa shape index (κ2) is 12.8. The van der Waals surface area contributed by atoms with E-state index in [1.165, 1.54) is 22.3 Å². The van der Waals surface area contributed by atoms with Gasteiger partial charge >= 0.3 is 0 Å². The molecule has 0 atom stereocenters. The summed E-state index contributed by atoms with van der Waals surface area (Å²) in [4.78, 5) is 2.36. The molecule has 0 radical (unpaired) electrons. The molecule has 3 nitrogen and oxygen atoms in total. The molecule has 0 bridgehead atoms. The summed E-state index contributed by atoms with van der Waals surface area (Å²) in [6.07, 6.45) is 1.54. The highest BCUT2D eigenvalue weighted by molar-refractivity contribution is 5.98. The summed E-state index contributed by atoms with van der Waals surface area (Å²) in [5, 5.41) is 9.54. The van der Waals surface area contributed by atoms with Gasteiger partial charge in [-0.2, -0.15) is 0 Å². The van der Waals surface area contributed by atoms with Gasteiger partial charge in [0.05, 0.1) is 0 Å². The smallest absolute Gasteiger partial charge is 0.119 e. The lowest BCUT2D eigenvalue weighted by molar-refractivity contribution is 0.223. The average molecular weight is 430 g/mol. The highest BCUT2D eigenvalue weighted by Gasteiger charge is 2.14. The fourth-order valence-electron chi connectivity index (χ4n) is 3.98. The Hall–Kier alpha value is -2.88. The summed E-state index contributed by atoms with van der Waals surface area (Å²) in [7, 11) is 0. The van der Waals surface area contributed by atoms with Crippen molar-refractivity contribution in [3.8, 4) is 5.75 Å². The second-order valence-corrected chi connectivity index (χ2v) is 7.81. The zero-order valence-corrected chi connectivity index (χ0v) is 19.3. The predicted octanol–water partition coefficient (Wildman–Crippen LogP) is 6.14. The van der Waals surface area contributed by atoms with Crippen LogP contribution in [0.4, 0.5) is 0 Å². The van der Waals surface area contributed by atoms with Gasteiger partial charge in [-0.25, -0.2) is 0 Å². The number of likely N-dealkylation sites (N-methyl/N-ethyl adjacent to an activating group) is 1. The van der Waals surface area contributed by atoms with E-state index in [2.05, 4.69) is 91.5 Å². The third-order valence-electron chi connectivity index (χ3n) is 5.79. The molecule has 0 fully saturated rings. The van der Waals surface area contributed by atoms with Gasteiger partial charge in [0.15, 0.2) is 0 Å².